The van der Waals surface area contributed by atoms with Crippen LogP contribution in [-0.2, 0) is 0 Å². The predicted molar refractivity (Wildman–Crippen MR) is 72.5 cm³/mol. The van der Waals surface area contributed by atoms with Crippen molar-refractivity contribution in [3.63, 3.8) is 0 Å². The number of hydrogen-bond acceptors (Lipinski definition) is 3. The molecule has 0 aliphatic rings. The van der Waals surface area contributed by atoms with Crippen molar-refractivity contribution >= 4 is 10.8 Å². The Bertz CT molecular complexity index is 554. The molecule has 1 atom stereocenters. The second kappa shape index (κ2) is 6.04. The Morgan fingerprint density at radius 3 is 2.78 bits per heavy atom. The maximum absolute atomic E-state index is 8.96. The van der Waals surface area contributed by atoms with Crippen LogP contribution in [0.1, 0.15) is 6.92 Å². The average molecular weight is 240 g/mol. The fourth-order valence-electron chi connectivity index (χ4n) is 1.88. The summed E-state index contributed by atoms with van der Waals surface area (Å²) in [5.74, 6) is 0.825. The molecule has 18 heavy (non-hydrogen) atoms. The predicted octanol–water partition coefficient (Wildman–Crippen LogP) is 2.72. The molecule has 2 aromatic rings. The SMILES string of the molecule is CCNC(C#N)COc1cccc2ccccc12. The Morgan fingerprint density at radius 2 is 2.00 bits per heavy atom. The summed E-state index contributed by atoms with van der Waals surface area (Å²) >= 11 is 0. The topological polar surface area (TPSA) is 45.0 Å². The lowest BCUT2D eigenvalue weighted by molar-refractivity contribution is 0.294. The van der Waals surface area contributed by atoms with Crippen LogP contribution in [0.5, 0.6) is 5.75 Å². The molecule has 0 aliphatic carbocycles. The van der Waals surface area contributed by atoms with Crippen molar-refractivity contribution in [2.24, 2.45) is 0 Å². The van der Waals surface area contributed by atoms with Gasteiger partial charge in [0.05, 0.1) is 6.07 Å². The van der Waals surface area contributed by atoms with Gasteiger partial charge in [0.1, 0.15) is 18.4 Å². The van der Waals surface area contributed by atoms with E-state index < -0.39 is 0 Å². The molecular formula is C15H16N2O. The fourth-order valence-corrected chi connectivity index (χ4v) is 1.88. The van der Waals surface area contributed by atoms with Crippen LogP contribution in [0, 0.1) is 11.3 Å². The van der Waals surface area contributed by atoms with Gasteiger partial charge < -0.3 is 4.74 Å². The Kier molecular flexibility index (Phi) is 4.16. The molecule has 0 heterocycles. The lowest BCUT2D eigenvalue weighted by atomic mass is 10.1. The normalized spacial score (nSPS) is 12.0. The zero-order valence-electron chi connectivity index (χ0n) is 10.4. The van der Waals surface area contributed by atoms with Gasteiger partial charge in [0, 0.05) is 5.39 Å². The molecule has 0 radical (unpaired) electrons. The quantitative estimate of drug-likeness (QED) is 0.874. The molecule has 0 amide bonds. The number of nitrogens with zero attached hydrogens (tertiary/aromatic N) is 1. The lowest BCUT2D eigenvalue weighted by Crippen LogP contribution is -2.33. The largest absolute Gasteiger partial charge is 0.490 e. The molecule has 1 unspecified atom stereocenters. The van der Waals surface area contributed by atoms with E-state index in [0.717, 1.165) is 23.1 Å². The highest BCUT2D eigenvalue weighted by Gasteiger charge is 2.07. The van der Waals surface area contributed by atoms with Gasteiger partial charge in [0.25, 0.3) is 0 Å². The summed E-state index contributed by atoms with van der Waals surface area (Å²) in [5.41, 5.74) is 0. The van der Waals surface area contributed by atoms with E-state index in [0.29, 0.717) is 6.61 Å². The highest BCUT2D eigenvalue weighted by Crippen LogP contribution is 2.25. The standard InChI is InChI=1S/C15H16N2O/c1-2-17-13(10-16)11-18-15-9-5-7-12-6-3-4-8-14(12)15/h3-9,13,17H,2,11H2,1H3. The van der Waals surface area contributed by atoms with E-state index in [-0.39, 0.29) is 6.04 Å². The Balaban J connectivity index is 2.15. The van der Waals surface area contributed by atoms with Gasteiger partial charge in [-0.25, -0.2) is 0 Å². The minimum absolute atomic E-state index is 0.269. The molecule has 0 spiro atoms. The van der Waals surface area contributed by atoms with Gasteiger partial charge in [-0.15, -0.1) is 0 Å². The van der Waals surface area contributed by atoms with Crippen LogP contribution in [0.15, 0.2) is 42.5 Å². The van der Waals surface area contributed by atoms with Gasteiger partial charge in [0.2, 0.25) is 0 Å². The highest BCUT2D eigenvalue weighted by atomic mass is 16.5. The van der Waals surface area contributed by atoms with Gasteiger partial charge in [0.15, 0.2) is 0 Å². The van der Waals surface area contributed by atoms with E-state index in [4.69, 9.17) is 10.00 Å². The summed E-state index contributed by atoms with van der Waals surface area (Å²) in [5, 5.41) is 14.2. The Labute approximate surface area is 107 Å². The summed E-state index contributed by atoms with van der Waals surface area (Å²) in [6.07, 6.45) is 0. The van der Waals surface area contributed by atoms with Crippen LogP contribution < -0.4 is 10.1 Å². The molecule has 92 valence electrons. The number of fused-ring (bicyclic) bond motifs is 1. The lowest BCUT2D eigenvalue weighted by Gasteiger charge is -2.13. The molecule has 0 bridgehead atoms. The van der Waals surface area contributed by atoms with Gasteiger partial charge in [-0.1, -0.05) is 43.3 Å². The number of nitrogens with one attached hydrogen (secondary N) is 1. The molecule has 0 fully saturated rings. The van der Waals surface area contributed by atoms with Crippen molar-refractivity contribution in [1.29, 1.82) is 5.26 Å². The number of nitriles is 1. The first-order valence-corrected chi connectivity index (χ1v) is 6.08. The number of ether oxygens (including phenoxy) is 1. The Hall–Kier alpha value is -2.05. The fraction of sp³-hybridized carbons (Fsp3) is 0.267. The molecule has 0 aromatic heterocycles. The molecule has 1 N–H and O–H groups in total. The van der Waals surface area contributed by atoms with Crippen molar-refractivity contribution in [2.75, 3.05) is 13.2 Å². The van der Waals surface area contributed by atoms with Crippen LogP contribution in [0.25, 0.3) is 10.8 Å². The van der Waals surface area contributed by atoms with Crippen molar-refractivity contribution in [3.8, 4) is 11.8 Å². The van der Waals surface area contributed by atoms with Crippen LogP contribution in [0.2, 0.25) is 0 Å². The summed E-state index contributed by atoms with van der Waals surface area (Å²) < 4.78 is 5.74. The van der Waals surface area contributed by atoms with E-state index >= 15 is 0 Å². The van der Waals surface area contributed by atoms with E-state index in [1.54, 1.807) is 0 Å². The molecule has 0 saturated carbocycles. The maximum Gasteiger partial charge on any atom is 0.130 e. The first-order chi connectivity index (χ1) is 8.85. The van der Waals surface area contributed by atoms with E-state index in [2.05, 4.69) is 11.4 Å². The average Bonchev–Trinajstić information content (AvgIpc) is 2.43. The highest BCUT2D eigenvalue weighted by molar-refractivity contribution is 5.88. The first kappa shape index (κ1) is 12.4. The molecule has 0 aliphatic heterocycles. The van der Waals surface area contributed by atoms with Crippen LogP contribution in [-0.4, -0.2) is 19.2 Å². The third-order valence-corrected chi connectivity index (χ3v) is 2.76. The summed E-state index contributed by atoms with van der Waals surface area (Å²) in [7, 11) is 0. The van der Waals surface area contributed by atoms with Gasteiger partial charge in [-0.2, -0.15) is 5.26 Å². The van der Waals surface area contributed by atoms with E-state index in [9.17, 15) is 0 Å². The van der Waals surface area contributed by atoms with Crippen molar-refractivity contribution in [3.05, 3.63) is 42.5 Å². The molecule has 2 rings (SSSR count). The van der Waals surface area contributed by atoms with Crippen molar-refractivity contribution < 1.29 is 4.74 Å². The third-order valence-electron chi connectivity index (χ3n) is 2.76. The van der Waals surface area contributed by atoms with Crippen LogP contribution in [0.3, 0.4) is 0 Å². The van der Waals surface area contributed by atoms with Crippen LogP contribution in [0.4, 0.5) is 0 Å². The molecular weight excluding hydrogens is 224 g/mol. The monoisotopic (exact) mass is 240 g/mol. The van der Waals surface area contributed by atoms with Gasteiger partial charge in [-0.3, -0.25) is 5.32 Å². The first-order valence-electron chi connectivity index (χ1n) is 6.08. The van der Waals surface area contributed by atoms with E-state index in [1.807, 2.05) is 49.4 Å². The molecule has 0 saturated heterocycles. The summed E-state index contributed by atoms with van der Waals surface area (Å²) in [4.78, 5) is 0. The summed E-state index contributed by atoms with van der Waals surface area (Å²) in [6, 6.07) is 15.9. The van der Waals surface area contributed by atoms with Gasteiger partial charge in [-0.05, 0) is 18.0 Å². The number of hydrogen-bond donors (Lipinski definition) is 1. The molecule has 2 aromatic carbocycles. The molecule has 3 nitrogen and oxygen atoms in total. The number of likely N-dealkylation sites (N-methyl/N-ethyl adjacent to an activating group) is 1. The van der Waals surface area contributed by atoms with Crippen LogP contribution >= 0.6 is 0 Å². The second-order valence-electron chi connectivity index (χ2n) is 4.03. The Morgan fingerprint density at radius 1 is 1.22 bits per heavy atom. The van der Waals surface area contributed by atoms with Crippen molar-refractivity contribution in [1.82, 2.24) is 5.32 Å². The minimum atomic E-state index is -0.269. The summed E-state index contributed by atoms with van der Waals surface area (Å²) in [6.45, 7) is 3.09. The van der Waals surface area contributed by atoms with E-state index in [1.165, 1.54) is 0 Å². The maximum atomic E-state index is 8.96. The minimum Gasteiger partial charge on any atom is -0.490 e. The number of rotatable bonds is 5. The molecule has 3 heteroatoms. The zero-order chi connectivity index (χ0) is 12.8. The zero-order valence-corrected chi connectivity index (χ0v) is 10.4. The van der Waals surface area contributed by atoms with Crippen molar-refractivity contribution in [2.45, 2.75) is 13.0 Å². The smallest absolute Gasteiger partial charge is 0.130 e. The third kappa shape index (κ3) is 2.79. The number of benzene rings is 2. The van der Waals surface area contributed by atoms with Gasteiger partial charge >= 0.3 is 0 Å². The second-order valence-corrected chi connectivity index (χ2v) is 4.03.